The van der Waals surface area contributed by atoms with Crippen molar-refractivity contribution in [2.45, 2.75) is 38.6 Å². The zero-order valence-electron chi connectivity index (χ0n) is 14.8. The molecule has 0 radical (unpaired) electrons. The van der Waals surface area contributed by atoms with Gasteiger partial charge >= 0.3 is 0 Å². The lowest BCUT2D eigenvalue weighted by Gasteiger charge is -2.34. The summed E-state index contributed by atoms with van der Waals surface area (Å²) >= 11 is 1.69. The van der Waals surface area contributed by atoms with Crippen molar-refractivity contribution in [2.24, 2.45) is 5.92 Å². The Balaban J connectivity index is 1.37. The Labute approximate surface area is 153 Å². The highest BCUT2D eigenvalue weighted by Gasteiger charge is 2.37. The molecule has 25 heavy (non-hydrogen) atoms. The van der Waals surface area contributed by atoms with Crippen molar-refractivity contribution in [1.29, 1.82) is 0 Å². The zero-order valence-corrected chi connectivity index (χ0v) is 16.4. The molecule has 138 valence electrons. The zero-order chi connectivity index (χ0) is 17.6. The van der Waals surface area contributed by atoms with Gasteiger partial charge in [-0.3, -0.25) is 4.79 Å². The number of fused-ring (bicyclic) bond motifs is 1. The third-order valence-electron chi connectivity index (χ3n) is 6.04. The molecule has 2 fully saturated rings. The lowest BCUT2D eigenvalue weighted by molar-refractivity contribution is -0.925. The van der Waals surface area contributed by atoms with Gasteiger partial charge in [-0.15, -0.1) is 11.3 Å². The maximum Gasteiger partial charge on any atom is 0.264 e. The maximum absolute atomic E-state index is 12.9. The molecule has 3 aliphatic rings. The first-order chi connectivity index (χ1) is 11.9. The van der Waals surface area contributed by atoms with Gasteiger partial charge in [0.15, 0.2) is 9.84 Å². The second kappa shape index (κ2) is 6.67. The predicted octanol–water partition coefficient (Wildman–Crippen LogP) is 0.401. The number of thiophene rings is 1. The van der Waals surface area contributed by atoms with Gasteiger partial charge in [-0.05, 0) is 36.8 Å². The molecule has 3 heterocycles. The minimum atomic E-state index is -2.82. The van der Waals surface area contributed by atoms with E-state index in [-0.39, 0.29) is 11.9 Å². The number of carbonyl (C=O) groups is 1. The third-order valence-corrected chi connectivity index (χ3v) is 9.04. The van der Waals surface area contributed by atoms with Crippen LogP contribution in [-0.4, -0.2) is 63.0 Å². The Morgan fingerprint density at radius 1 is 1.28 bits per heavy atom. The van der Waals surface area contributed by atoms with E-state index in [1.54, 1.807) is 11.3 Å². The minimum Gasteiger partial charge on any atom is -0.329 e. The first-order valence-electron chi connectivity index (χ1n) is 9.37. The van der Waals surface area contributed by atoms with Crippen molar-refractivity contribution in [3.63, 3.8) is 0 Å². The van der Waals surface area contributed by atoms with Gasteiger partial charge in [-0.25, -0.2) is 8.42 Å². The van der Waals surface area contributed by atoms with E-state index in [4.69, 9.17) is 0 Å². The highest BCUT2D eigenvalue weighted by Crippen LogP contribution is 2.32. The van der Waals surface area contributed by atoms with Crippen LogP contribution < -0.4 is 4.90 Å². The second-order valence-electron chi connectivity index (χ2n) is 7.96. The number of quaternary nitrogens is 1. The largest absolute Gasteiger partial charge is 0.329 e. The molecule has 0 spiro atoms. The fourth-order valence-corrected chi connectivity index (χ4v) is 7.49. The number of nitrogens with one attached hydrogen (secondary N) is 1. The molecule has 2 aliphatic heterocycles. The second-order valence-corrected chi connectivity index (χ2v) is 11.3. The predicted molar refractivity (Wildman–Crippen MR) is 99.2 cm³/mol. The van der Waals surface area contributed by atoms with Crippen molar-refractivity contribution in [3.05, 3.63) is 21.4 Å². The standard InChI is InChI=1S/C18H26N2O3S2/c1-13-2-3-16-14(10-13)11-17(24-16)18(21)20-7-5-19(6-8-20)15-4-9-25(22,23)12-15/h11,13,15H,2-10,12H2,1H3/p+1/t13-,15-/m0/s1. The summed E-state index contributed by atoms with van der Waals surface area (Å²) in [7, 11) is -2.82. The van der Waals surface area contributed by atoms with Gasteiger partial charge in [-0.2, -0.15) is 0 Å². The molecule has 1 amide bonds. The van der Waals surface area contributed by atoms with Crippen molar-refractivity contribution >= 4 is 27.1 Å². The third kappa shape index (κ3) is 3.64. The van der Waals surface area contributed by atoms with Gasteiger partial charge in [0.25, 0.3) is 5.91 Å². The summed E-state index contributed by atoms with van der Waals surface area (Å²) in [6.07, 6.45) is 4.23. The Morgan fingerprint density at radius 3 is 2.72 bits per heavy atom. The molecule has 2 saturated heterocycles. The Kier molecular flexibility index (Phi) is 4.67. The lowest BCUT2D eigenvalue weighted by atomic mass is 9.90. The van der Waals surface area contributed by atoms with Crippen LogP contribution in [0.3, 0.4) is 0 Å². The number of rotatable bonds is 2. The van der Waals surface area contributed by atoms with Crippen LogP contribution in [0.5, 0.6) is 0 Å². The molecule has 0 unspecified atom stereocenters. The highest BCUT2D eigenvalue weighted by molar-refractivity contribution is 7.91. The van der Waals surface area contributed by atoms with Gasteiger partial charge in [0, 0.05) is 11.3 Å². The summed E-state index contributed by atoms with van der Waals surface area (Å²) < 4.78 is 23.4. The maximum atomic E-state index is 12.9. The van der Waals surface area contributed by atoms with Crippen LogP contribution in [0, 0.1) is 5.92 Å². The highest BCUT2D eigenvalue weighted by atomic mass is 32.2. The molecule has 5 nitrogen and oxygen atoms in total. The summed E-state index contributed by atoms with van der Waals surface area (Å²) in [5, 5.41) is 0. The van der Waals surface area contributed by atoms with E-state index in [1.165, 1.54) is 21.8 Å². The number of hydrogen-bond acceptors (Lipinski definition) is 4. The average Bonchev–Trinajstić information content (AvgIpc) is 3.17. The smallest absolute Gasteiger partial charge is 0.264 e. The van der Waals surface area contributed by atoms with Gasteiger partial charge in [-0.1, -0.05) is 6.92 Å². The Morgan fingerprint density at radius 2 is 2.04 bits per heavy atom. The molecule has 0 aromatic carbocycles. The first-order valence-corrected chi connectivity index (χ1v) is 12.0. The summed E-state index contributed by atoms with van der Waals surface area (Å²) in [5.41, 5.74) is 1.38. The topological polar surface area (TPSA) is 58.9 Å². The van der Waals surface area contributed by atoms with Gasteiger partial charge in [0.05, 0.1) is 36.8 Å². The normalized spacial score (nSPS) is 29.6. The first kappa shape index (κ1) is 17.5. The van der Waals surface area contributed by atoms with Crippen molar-refractivity contribution < 1.29 is 18.1 Å². The number of hydrogen-bond donors (Lipinski definition) is 1. The van der Waals surface area contributed by atoms with Crippen LogP contribution in [-0.2, 0) is 22.7 Å². The number of carbonyl (C=O) groups excluding carboxylic acids is 1. The van der Waals surface area contributed by atoms with Gasteiger partial charge in [0.2, 0.25) is 0 Å². The van der Waals surface area contributed by atoms with E-state index in [1.807, 2.05) is 4.90 Å². The molecular formula is C18H27N2O3S2+. The fourth-order valence-electron chi connectivity index (χ4n) is 4.49. The van der Waals surface area contributed by atoms with E-state index in [0.717, 1.165) is 56.2 Å². The van der Waals surface area contributed by atoms with Gasteiger partial charge in [0.1, 0.15) is 11.8 Å². The van der Waals surface area contributed by atoms with Crippen molar-refractivity contribution in [1.82, 2.24) is 4.90 Å². The SMILES string of the molecule is C[C@H]1CCc2sc(C(=O)N3CC[NH+]([C@H]4CCS(=O)(=O)C4)CC3)cc2C1. The van der Waals surface area contributed by atoms with Crippen LogP contribution in [0.2, 0.25) is 0 Å². The number of aryl methyl sites for hydroxylation is 1. The summed E-state index contributed by atoms with van der Waals surface area (Å²) in [4.78, 5) is 18.5. The van der Waals surface area contributed by atoms with Crippen LogP contribution in [0.25, 0.3) is 0 Å². The van der Waals surface area contributed by atoms with Crippen molar-refractivity contribution in [3.8, 4) is 0 Å². The van der Waals surface area contributed by atoms with E-state index in [0.29, 0.717) is 11.5 Å². The molecule has 1 aromatic rings. The summed E-state index contributed by atoms with van der Waals surface area (Å²) in [6.45, 7) is 5.50. The summed E-state index contributed by atoms with van der Waals surface area (Å²) in [6, 6.07) is 2.36. The van der Waals surface area contributed by atoms with Crippen LogP contribution in [0.1, 0.15) is 39.9 Å². The molecule has 4 rings (SSSR count). The van der Waals surface area contributed by atoms with Gasteiger partial charge < -0.3 is 9.80 Å². The Hall–Kier alpha value is -0.920. The van der Waals surface area contributed by atoms with Crippen molar-refractivity contribution in [2.75, 3.05) is 37.7 Å². The minimum absolute atomic E-state index is 0.171. The molecule has 1 aliphatic carbocycles. The number of sulfone groups is 1. The number of piperazine rings is 1. The molecule has 0 bridgehead atoms. The molecule has 1 N–H and O–H groups in total. The molecule has 7 heteroatoms. The monoisotopic (exact) mass is 383 g/mol. The quantitative estimate of drug-likeness (QED) is 0.804. The average molecular weight is 384 g/mol. The number of amides is 1. The Bertz CT molecular complexity index is 763. The summed E-state index contributed by atoms with van der Waals surface area (Å²) in [5.74, 6) is 1.56. The molecular weight excluding hydrogens is 356 g/mol. The van der Waals surface area contributed by atoms with Crippen LogP contribution in [0.4, 0.5) is 0 Å². The van der Waals surface area contributed by atoms with E-state index < -0.39 is 9.84 Å². The fraction of sp³-hybridized carbons (Fsp3) is 0.722. The van der Waals surface area contributed by atoms with Crippen LogP contribution >= 0.6 is 11.3 Å². The van der Waals surface area contributed by atoms with Crippen LogP contribution in [0.15, 0.2) is 6.07 Å². The lowest BCUT2D eigenvalue weighted by Crippen LogP contribution is -3.18. The molecule has 0 saturated carbocycles. The van der Waals surface area contributed by atoms with E-state index in [2.05, 4.69) is 13.0 Å². The molecule has 2 atom stereocenters. The van der Waals surface area contributed by atoms with E-state index in [9.17, 15) is 13.2 Å². The van der Waals surface area contributed by atoms with E-state index >= 15 is 0 Å². The number of nitrogens with zero attached hydrogens (tertiary/aromatic N) is 1. The molecule has 1 aromatic heterocycles.